The molecule has 1 unspecified atom stereocenters. The summed E-state index contributed by atoms with van der Waals surface area (Å²) in [6, 6.07) is 16.6. The van der Waals surface area contributed by atoms with Gasteiger partial charge >= 0.3 is 5.97 Å². The van der Waals surface area contributed by atoms with Gasteiger partial charge in [-0.25, -0.2) is 0 Å². The number of ether oxygens (including phenoxy) is 2. The molecule has 1 N–H and O–H groups in total. The van der Waals surface area contributed by atoms with Crippen LogP contribution < -0.4 is 9.47 Å². The summed E-state index contributed by atoms with van der Waals surface area (Å²) in [6.07, 6.45) is 0. The molecule has 0 fully saturated rings. The molecule has 0 radical (unpaired) electrons. The third-order valence-corrected chi connectivity index (χ3v) is 2.72. The molecule has 0 aromatic heterocycles. The largest absolute Gasteiger partial charge is 0.493 e. The quantitative estimate of drug-likeness (QED) is 0.873. The van der Waals surface area contributed by atoms with E-state index in [1.54, 1.807) is 31.2 Å². The van der Waals surface area contributed by atoms with E-state index in [2.05, 4.69) is 0 Å². The van der Waals surface area contributed by atoms with Crippen molar-refractivity contribution >= 4 is 5.97 Å². The predicted molar refractivity (Wildman–Crippen MR) is 75.3 cm³/mol. The van der Waals surface area contributed by atoms with E-state index in [0.717, 1.165) is 5.75 Å². The van der Waals surface area contributed by atoms with Gasteiger partial charge in [-0.05, 0) is 43.3 Å². The Labute approximate surface area is 117 Å². The summed E-state index contributed by atoms with van der Waals surface area (Å²) >= 11 is 0. The van der Waals surface area contributed by atoms with E-state index in [9.17, 15) is 4.79 Å². The Morgan fingerprint density at radius 3 is 2.15 bits per heavy atom. The van der Waals surface area contributed by atoms with E-state index in [4.69, 9.17) is 14.6 Å². The van der Waals surface area contributed by atoms with Crippen molar-refractivity contribution in [3.63, 3.8) is 0 Å². The molecule has 0 heterocycles. The summed E-state index contributed by atoms with van der Waals surface area (Å²) in [7, 11) is 0. The number of hydrogen-bond donors (Lipinski definition) is 1. The zero-order valence-electron chi connectivity index (χ0n) is 11.2. The fourth-order valence-electron chi connectivity index (χ4n) is 1.52. The van der Waals surface area contributed by atoms with Crippen LogP contribution in [0.3, 0.4) is 0 Å². The molecule has 0 bridgehead atoms. The fraction of sp³-hybridized carbons (Fsp3) is 0.188. The van der Waals surface area contributed by atoms with E-state index in [1.165, 1.54) is 0 Å². The fourth-order valence-corrected chi connectivity index (χ4v) is 1.52. The third kappa shape index (κ3) is 4.02. The molecule has 4 heteroatoms. The van der Waals surface area contributed by atoms with Crippen molar-refractivity contribution in [1.82, 2.24) is 0 Å². The molecule has 0 aliphatic carbocycles. The van der Waals surface area contributed by atoms with Gasteiger partial charge < -0.3 is 14.6 Å². The van der Waals surface area contributed by atoms with Gasteiger partial charge in [-0.15, -0.1) is 0 Å². The second kappa shape index (κ2) is 6.61. The minimum Gasteiger partial charge on any atom is -0.493 e. The molecule has 104 valence electrons. The van der Waals surface area contributed by atoms with Crippen LogP contribution in [-0.4, -0.2) is 17.7 Å². The normalized spacial score (nSPS) is 11.7. The maximum Gasteiger partial charge on any atom is 0.309 e. The van der Waals surface area contributed by atoms with Crippen molar-refractivity contribution in [3.8, 4) is 17.2 Å². The van der Waals surface area contributed by atoms with Gasteiger partial charge in [0.1, 0.15) is 23.9 Å². The van der Waals surface area contributed by atoms with Gasteiger partial charge in [0.15, 0.2) is 0 Å². The first-order chi connectivity index (χ1) is 9.65. The highest BCUT2D eigenvalue weighted by Gasteiger charge is 2.11. The van der Waals surface area contributed by atoms with Gasteiger partial charge in [-0.1, -0.05) is 18.2 Å². The number of rotatable bonds is 6. The molecule has 1 atom stereocenters. The molecule has 0 aliphatic heterocycles. The zero-order chi connectivity index (χ0) is 14.4. The summed E-state index contributed by atoms with van der Waals surface area (Å²) in [5.74, 6) is 0.693. The van der Waals surface area contributed by atoms with E-state index >= 15 is 0 Å². The number of carbonyl (C=O) groups is 1. The predicted octanol–water partition coefficient (Wildman–Crippen LogP) is 3.58. The Morgan fingerprint density at radius 1 is 1.00 bits per heavy atom. The van der Waals surface area contributed by atoms with Crippen molar-refractivity contribution in [2.75, 3.05) is 6.61 Å². The first-order valence-electron chi connectivity index (χ1n) is 6.34. The lowest BCUT2D eigenvalue weighted by atomic mass is 10.2. The van der Waals surface area contributed by atoms with Crippen molar-refractivity contribution in [1.29, 1.82) is 0 Å². The van der Waals surface area contributed by atoms with Crippen molar-refractivity contribution in [2.45, 2.75) is 6.92 Å². The molecule has 0 spiro atoms. The average Bonchev–Trinajstić information content (AvgIpc) is 2.47. The first-order valence-corrected chi connectivity index (χ1v) is 6.34. The topological polar surface area (TPSA) is 55.8 Å². The molecule has 0 aliphatic rings. The van der Waals surface area contributed by atoms with Gasteiger partial charge in [0, 0.05) is 0 Å². The van der Waals surface area contributed by atoms with Crippen LogP contribution in [-0.2, 0) is 4.79 Å². The minimum absolute atomic E-state index is 0.147. The van der Waals surface area contributed by atoms with Gasteiger partial charge in [-0.3, -0.25) is 4.79 Å². The lowest BCUT2D eigenvalue weighted by molar-refractivity contribution is -0.142. The van der Waals surface area contributed by atoms with Crippen LogP contribution in [0, 0.1) is 5.92 Å². The van der Waals surface area contributed by atoms with Crippen LogP contribution in [0.5, 0.6) is 17.2 Å². The van der Waals surface area contributed by atoms with Crippen LogP contribution in [0.15, 0.2) is 54.6 Å². The van der Waals surface area contributed by atoms with E-state index in [0.29, 0.717) is 11.5 Å². The minimum atomic E-state index is -0.867. The van der Waals surface area contributed by atoms with Gasteiger partial charge in [-0.2, -0.15) is 0 Å². The molecule has 4 nitrogen and oxygen atoms in total. The second-order valence-corrected chi connectivity index (χ2v) is 4.44. The summed E-state index contributed by atoms with van der Waals surface area (Å²) in [5, 5.41) is 8.77. The van der Waals surface area contributed by atoms with Crippen LogP contribution in [0.4, 0.5) is 0 Å². The van der Waals surface area contributed by atoms with Crippen LogP contribution in [0.2, 0.25) is 0 Å². The van der Waals surface area contributed by atoms with Crippen LogP contribution in [0.1, 0.15) is 6.92 Å². The number of aliphatic carboxylic acids is 1. The summed E-state index contributed by atoms with van der Waals surface area (Å²) in [6.45, 7) is 1.75. The zero-order valence-corrected chi connectivity index (χ0v) is 11.2. The second-order valence-electron chi connectivity index (χ2n) is 4.44. The molecule has 0 saturated heterocycles. The van der Waals surface area contributed by atoms with Crippen molar-refractivity contribution in [3.05, 3.63) is 54.6 Å². The Hall–Kier alpha value is -2.49. The molecule has 0 saturated carbocycles. The third-order valence-electron chi connectivity index (χ3n) is 2.72. The van der Waals surface area contributed by atoms with Gasteiger partial charge in [0.2, 0.25) is 0 Å². The van der Waals surface area contributed by atoms with E-state index in [-0.39, 0.29) is 6.61 Å². The lowest BCUT2D eigenvalue weighted by Gasteiger charge is -2.10. The molecule has 0 amide bonds. The molecule has 20 heavy (non-hydrogen) atoms. The van der Waals surface area contributed by atoms with Crippen LogP contribution in [0.25, 0.3) is 0 Å². The maximum absolute atomic E-state index is 10.7. The highest BCUT2D eigenvalue weighted by molar-refractivity contribution is 5.69. The standard InChI is InChI=1S/C16H16O4/c1-12(16(17)18)11-19-13-7-9-15(10-8-13)20-14-5-3-2-4-6-14/h2-10,12H,11H2,1H3,(H,17,18). The number of para-hydroxylation sites is 1. The summed E-state index contributed by atoms with van der Waals surface area (Å²) in [4.78, 5) is 10.7. The summed E-state index contributed by atoms with van der Waals surface area (Å²) < 4.78 is 11.0. The number of carboxylic acids is 1. The Kier molecular flexibility index (Phi) is 4.60. The number of carboxylic acid groups (broad SMARTS) is 1. The van der Waals surface area contributed by atoms with E-state index in [1.807, 2.05) is 30.3 Å². The lowest BCUT2D eigenvalue weighted by Crippen LogP contribution is -2.17. The first kappa shape index (κ1) is 13.9. The number of hydrogen-bond acceptors (Lipinski definition) is 3. The molecular formula is C16H16O4. The Balaban J connectivity index is 1.91. The smallest absolute Gasteiger partial charge is 0.309 e. The molecule has 2 aromatic rings. The molecule has 2 rings (SSSR count). The van der Waals surface area contributed by atoms with Crippen LogP contribution >= 0.6 is 0 Å². The molecule has 2 aromatic carbocycles. The Morgan fingerprint density at radius 2 is 1.55 bits per heavy atom. The highest BCUT2D eigenvalue weighted by Crippen LogP contribution is 2.23. The highest BCUT2D eigenvalue weighted by atomic mass is 16.5. The Bertz CT molecular complexity index is 548. The average molecular weight is 272 g/mol. The molecular weight excluding hydrogens is 256 g/mol. The summed E-state index contributed by atoms with van der Waals surface area (Å²) in [5.41, 5.74) is 0. The van der Waals surface area contributed by atoms with Crippen molar-refractivity contribution < 1.29 is 19.4 Å². The van der Waals surface area contributed by atoms with Gasteiger partial charge in [0.05, 0.1) is 5.92 Å². The SMILES string of the molecule is CC(COc1ccc(Oc2ccccc2)cc1)C(=O)O. The monoisotopic (exact) mass is 272 g/mol. The number of benzene rings is 2. The maximum atomic E-state index is 10.7. The van der Waals surface area contributed by atoms with E-state index < -0.39 is 11.9 Å². The van der Waals surface area contributed by atoms with Crippen molar-refractivity contribution in [2.24, 2.45) is 5.92 Å². The van der Waals surface area contributed by atoms with Gasteiger partial charge in [0.25, 0.3) is 0 Å².